The molecule has 1 aromatic heterocycles. The second-order valence-corrected chi connectivity index (χ2v) is 6.98. The number of fused-ring (bicyclic) bond motifs is 1. The summed E-state index contributed by atoms with van der Waals surface area (Å²) >= 11 is 1.82. The van der Waals surface area contributed by atoms with Crippen molar-refractivity contribution in [1.82, 2.24) is 14.9 Å². The Labute approximate surface area is 137 Å². The average Bonchev–Trinajstić information content (AvgIpc) is 2.54. The molecule has 1 aliphatic heterocycles. The van der Waals surface area contributed by atoms with E-state index in [0.29, 0.717) is 5.92 Å². The van der Waals surface area contributed by atoms with Gasteiger partial charge in [-0.1, -0.05) is 32.0 Å². The molecule has 0 bridgehead atoms. The molecule has 0 fully saturated rings. The second-order valence-electron chi connectivity index (χ2n) is 6.13. The van der Waals surface area contributed by atoms with E-state index >= 15 is 0 Å². The normalized spacial score (nSPS) is 15.1. The van der Waals surface area contributed by atoms with Crippen molar-refractivity contribution < 1.29 is 0 Å². The van der Waals surface area contributed by atoms with Crippen molar-refractivity contribution in [2.75, 3.05) is 12.8 Å². The summed E-state index contributed by atoms with van der Waals surface area (Å²) in [5.41, 5.74) is 3.95. The Kier molecular flexibility index (Phi) is 4.79. The smallest absolute Gasteiger partial charge is 0.131 e. The number of benzene rings is 1. The second kappa shape index (κ2) is 6.80. The van der Waals surface area contributed by atoms with Crippen molar-refractivity contribution in [2.24, 2.45) is 0 Å². The highest BCUT2D eigenvalue weighted by molar-refractivity contribution is 7.98. The molecule has 0 N–H and O–H groups in total. The van der Waals surface area contributed by atoms with Gasteiger partial charge in [-0.25, -0.2) is 9.97 Å². The SMILES string of the molecule is CSc1ccccc1CN1CCc2nc(C(C)C)ncc2C1. The van der Waals surface area contributed by atoms with Crippen LogP contribution in [0.4, 0.5) is 0 Å². The predicted molar refractivity (Wildman–Crippen MR) is 92.2 cm³/mol. The third-order valence-electron chi connectivity index (χ3n) is 4.13. The molecule has 116 valence electrons. The van der Waals surface area contributed by atoms with Gasteiger partial charge in [-0.2, -0.15) is 0 Å². The number of aromatic nitrogens is 2. The van der Waals surface area contributed by atoms with E-state index < -0.39 is 0 Å². The van der Waals surface area contributed by atoms with Gasteiger partial charge in [0.05, 0.1) is 0 Å². The molecule has 22 heavy (non-hydrogen) atoms. The van der Waals surface area contributed by atoms with E-state index in [4.69, 9.17) is 4.98 Å². The van der Waals surface area contributed by atoms with Crippen molar-refractivity contribution in [3.63, 3.8) is 0 Å². The molecule has 0 amide bonds. The largest absolute Gasteiger partial charge is 0.294 e. The standard InChI is InChI=1S/C18H23N3S/c1-13(2)18-19-10-15-12-21(9-8-16(15)20-18)11-14-6-4-5-7-17(14)22-3/h4-7,10,13H,8-9,11-12H2,1-3H3. The first-order valence-corrected chi connectivity index (χ1v) is 9.08. The number of hydrogen-bond donors (Lipinski definition) is 0. The maximum Gasteiger partial charge on any atom is 0.131 e. The van der Waals surface area contributed by atoms with Crippen molar-refractivity contribution >= 4 is 11.8 Å². The fraction of sp³-hybridized carbons (Fsp3) is 0.444. The molecule has 0 saturated heterocycles. The van der Waals surface area contributed by atoms with Gasteiger partial charge in [0.1, 0.15) is 5.82 Å². The zero-order valence-electron chi connectivity index (χ0n) is 13.5. The maximum atomic E-state index is 4.75. The topological polar surface area (TPSA) is 29.0 Å². The minimum absolute atomic E-state index is 0.400. The molecule has 3 nitrogen and oxygen atoms in total. The van der Waals surface area contributed by atoms with E-state index in [1.54, 1.807) is 0 Å². The fourth-order valence-electron chi connectivity index (χ4n) is 2.88. The van der Waals surface area contributed by atoms with Gasteiger partial charge in [0.25, 0.3) is 0 Å². The molecular weight excluding hydrogens is 290 g/mol. The zero-order chi connectivity index (χ0) is 15.5. The van der Waals surface area contributed by atoms with Crippen LogP contribution >= 0.6 is 11.8 Å². The van der Waals surface area contributed by atoms with Crippen LogP contribution in [0.1, 0.15) is 42.4 Å². The van der Waals surface area contributed by atoms with Gasteiger partial charge in [0, 0.05) is 54.3 Å². The molecule has 0 radical (unpaired) electrons. The Bertz CT molecular complexity index is 655. The Balaban J connectivity index is 1.74. The Morgan fingerprint density at radius 2 is 2.09 bits per heavy atom. The summed E-state index contributed by atoms with van der Waals surface area (Å²) < 4.78 is 0. The van der Waals surface area contributed by atoms with Gasteiger partial charge in [-0.3, -0.25) is 4.90 Å². The highest BCUT2D eigenvalue weighted by atomic mass is 32.2. The average molecular weight is 313 g/mol. The number of hydrogen-bond acceptors (Lipinski definition) is 4. The maximum absolute atomic E-state index is 4.75. The Morgan fingerprint density at radius 1 is 1.27 bits per heavy atom. The van der Waals surface area contributed by atoms with E-state index in [0.717, 1.165) is 31.9 Å². The third kappa shape index (κ3) is 3.33. The lowest BCUT2D eigenvalue weighted by Crippen LogP contribution is -2.31. The monoisotopic (exact) mass is 313 g/mol. The third-order valence-corrected chi connectivity index (χ3v) is 4.97. The van der Waals surface area contributed by atoms with Gasteiger partial charge in [-0.15, -0.1) is 11.8 Å². The molecule has 0 spiro atoms. The summed E-state index contributed by atoms with van der Waals surface area (Å²) in [5.74, 6) is 1.37. The molecule has 1 aromatic carbocycles. The molecule has 0 saturated carbocycles. The molecule has 3 rings (SSSR count). The first kappa shape index (κ1) is 15.5. The molecule has 2 aromatic rings. The lowest BCUT2D eigenvalue weighted by molar-refractivity contribution is 0.241. The predicted octanol–water partition coefficient (Wildman–Crippen LogP) is 3.88. The number of nitrogens with zero attached hydrogens (tertiary/aromatic N) is 3. The van der Waals surface area contributed by atoms with Crippen LogP contribution in [0.2, 0.25) is 0 Å². The Morgan fingerprint density at radius 3 is 2.86 bits per heavy atom. The molecule has 0 aliphatic carbocycles. The van der Waals surface area contributed by atoms with E-state index in [1.807, 2.05) is 18.0 Å². The molecular formula is C18H23N3S. The first-order chi connectivity index (χ1) is 10.7. The van der Waals surface area contributed by atoms with Crippen molar-refractivity contribution in [3.8, 4) is 0 Å². The van der Waals surface area contributed by atoms with Crippen molar-refractivity contribution in [3.05, 3.63) is 53.1 Å². The van der Waals surface area contributed by atoms with Gasteiger partial charge < -0.3 is 0 Å². The van der Waals surface area contributed by atoms with E-state index in [2.05, 4.69) is 54.3 Å². The summed E-state index contributed by atoms with van der Waals surface area (Å²) in [6, 6.07) is 8.68. The van der Waals surface area contributed by atoms with Gasteiger partial charge >= 0.3 is 0 Å². The minimum Gasteiger partial charge on any atom is -0.294 e. The van der Waals surface area contributed by atoms with E-state index in [-0.39, 0.29) is 0 Å². The molecule has 4 heteroatoms. The van der Waals surface area contributed by atoms with Crippen LogP contribution in [-0.4, -0.2) is 27.7 Å². The lowest BCUT2D eigenvalue weighted by Gasteiger charge is -2.28. The van der Waals surface area contributed by atoms with E-state index in [1.165, 1.54) is 21.7 Å². The lowest BCUT2D eigenvalue weighted by atomic mass is 10.1. The summed E-state index contributed by atoms with van der Waals surface area (Å²) in [7, 11) is 0. The molecule has 1 aliphatic rings. The fourth-order valence-corrected chi connectivity index (χ4v) is 3.49. The highest BCUT2D eigenvalue weighted by Gasteiger charge is 2.19. The summed E-state index contributed by atoms with van der Waals surface area (Å²) in [4.78, 5) is 13.1. The summed E-state index contributed by atoms with van der Waals surface area (Å²) in [6.07, 6.45) is 5.20. The summed E-state index contributed by atoms with van der Waals surface area (Å²) in [6.45, 7) is 7.33. The number of rotatable bonds is 4. The van der Waals surface area contributed by atoms with Crippen LogP contribution in [0.25, 0.3) is 0 Å². The van der Waals surface area contributed by atoms with Gasteiger partial charge in [0.15, 0.2) is 0 Å². The van der Waals surface area contributed by atoms with Gasteiger partial charge in [0.2, 0.25) is 0 Å². The summed E-state index contributed by atoms with van der Waals surface area (Å²) in [5, 5.41) is 0. The molecule has 0 unspecified atom stereocenters. The Hall–Kier alpha value is -1.39. The first-order valence-electron chi connectivity index (χ1n) is 7.86. The highest BCUT2D eigenvalue weighted by Crippen LogP contribution is 2.24. The quantitative estimate of drug-likeness (QED) is 0.801. The zero-order valence-corrected chi connectivity index (χ0v) is 14.4. The van der Waals surface area contributed by atoms with Crippen molar-refractivity contribution in [2.45, 2.75) is 44.2 Å². The van der Waals surface area contributed by atoms with Crippen LogP contribution in [0.3, 0.4) is 0 Å². The van der Waals surface area contributed by atoms with Crippen LogP contribution in [0.15, 0.2) is 35.4 Å². The van der Waals surface area contributed by atoms with Crippen molar-refractivity contribution in [1.29, 1.82) is 0 Å². The van der Waals surface area contributed by atoms with Crippen LogP contribution in [-0.2, 0) is 19.5 Å². The van der Waals surface area contributed by atoms with Crippen LogP contribution in [0, 0.1) is 0 Å². The molecule has 0 atom stereocenters. The van der Waals surface area contributed by atoms with Crippen LogP contribution < -0.4 is 0 Å². The molecule has 2 heterocycles. The number of thioether (sulfide) groups is 1. The minimum atomic E-state index is 0.400. The van der Waals surface area contributed by atoms with Crippen LogP contribution in [0.5, 0.6) is 0 Å². The van der Waals surface area contributed by atoms with Gasteiger partial charge in [-0.05, 0) is 17.9 Å². The van der Waals surface area contributed by atoms with E-state index in [9.17, 15) is 0 Å².